The van der Waals surface area contributed by atoms with Crippen LogP contribution in [0.1, 0.15) is 35.6 Å². The Hall–Kier alpha value is -2.79. The number of aliphatic hydroxyl groups is 1. The second-order valence-electron chi connectivity index (χ2n) is 7.60. The van der Waals surface area contributed by atoms with Crippen LogP contribution in [0, 0.1) is 0 Å². The van der Waals surface area contributed by atoms with Crippen LogP contribution in [0.5, 0.6) is 5.75 Å². The zero-order valence-electron chi connectivity index (χ0n) is 17.2. The summed E-state index contributed by atoms with van der Waals surface area (Å²) >= 11 is 12.8. The van der Waals surface area contributed by atoms with Crippen LogP contribution in [0.25, 0.3) is 6.08 Å². The average molecular weight is 469 g/mol. The molecule has 0 amide bonds. The number of hydrogen-bond donors (Lipinski definition) is 1. The van der Waals surface area contributed by atoms with Crippen molar-refractivity contribution in [1.82, 2.24) is 0 Å². The van der Waals surface area contributed by atoms with Crippen LogP contribution < -0.4 is 4.74 Å². The van der Waals surface area contributed by atoms with E-state index in [-0.39, 0.29) is 12.5 Å². The number of esters is 1. The molecule has 1 fully saturated rings. The molecule has 0 aliphatic carbocycles. The molecular formula is C26H22Cl2O4. The Morgan fingerprint density at radius 3 is 2.22 bits per heavy atom. The molecule has 0 bridgehead atoms. The van der Waals surface area contributed by atoms with Crippen molar-refractivity contribution in [3.63, 3.8) is 0 Å². The van der Waals surface area contributed by atoms with Crippen LogP contribution in [-0.2, 0) is 9.53 Å². The standard InChI is InChI=1S/C26H22Cl2O4/c27-19-13-23(28)22(12-11-21-15-20(29)16-25(30)31-21)24(14-19)32-26(17-7-3-1-4-8-17)18-9-5-2-6-10-18/h1-14,20-21,26,29H,15-16H2/b12-11+/t20-,21-/m1/s1. The number of ether oxygens (including phenoxy) is 2. The summed E-state index contributed by atoms with van der Waals surface area (Å²) in [5, 5.41) is 10.7. The summed E-state index contributed by atoms with van der Waals surface area (Å²) in [5.41, 5.74) is 2.58. The van der Waals surface area contributed by atoms with E-state index in [1.807, 2.05) is 60.7 Å². The molecule has 0 unspecified atom stereocenters. The van der Waals surface area contributed by atoms with Gasteiger partial charge in [-0.25, -0.2) is 0 Å². The summed E-state index contributed by atoms with van der Waals surface area (Å²) < 4.78 is 11.8. The third-order valence-electron chi connectivity index (χ3n) is 5.17. The maximum absolute atomic E-state index is 11.6. The van der Waals surface area contributed by atoms with Crippen LogP contribution in [0.4, 0.5) is 0 Å². The molecule has 1 saturated heterocycles. The van der Waals surface area contributed by atoms with E-state index in [0.717, 1.165) is 11.1 Å². The second kappa shape index (κ2) is 10.2. The van der Waals surface area contributed by atoms with Crippen molar-refractivity contribution in [2.75, 3.05) is 0 Å². The van der Waals surface area contributed by atoms with Crippen molar-refractivity contribution in [2.45, 2.75) is 31.2 Å². The fourth-order valence-corrected chi connectivity index (χ4v) is 4.20. The molecule has 1 heterocycles. The van der Waals surface area contributed by atoms with E-state index in [1.165, 1.54) is 0 Å². The van der Waals surface area contributed by atoms with E-state index >= 15 is 0 Å². The number of rotatable bonds is 6. The summed E-state index contributed by atoms with van der Waals surface area (Å²) in [5.74, 6) is 0.0736. The molecule has 1 N–H and O–H groups in total. The summed E-state index contributed by atoms with van der Waals surface area (Å²) in [7, 11) is 0. The Kier molecular flexibility index (Phi) is 7.15. The quantitative estimate of drug-likeness (QED) is 0.434. The van der Waals surface area contributed by atoms with Crippen LogP contribution >= 0.6 is 23.2 Å². The molecule has 3 aromatic carbocycles. The van der Waals surface area contributed by atoms with E-state index in [9.17, 15) is 9.90 Å². The number of carbonyl (C=O) groups is 1. The highest BCUT2D eigenvalue weighted by molar-refractivity contribution is 6.35. The average Bonchev–Trinajstić information content (AvgIpc) is 2.77. The molecule has 3 aromatic rings. The highest BCUT2D eigenvalue weighted by Crippen LogP contribution is 2.37. The van der Waals surface area contributed by atoms with Gasteiger partial charge in [0.1, 0.15) is 18.0 Å². The number of benzene rings is 3. The minimum Gasteiger partial charge on any atom is -0.480 e. The highest BCUT2D eigenvalue weighted by atomic mass is 35.5. The lowest BCUT2D eigenvalue weighted by atomic mass is 10.0. The highest BCUT2D eigenvalue weighted by Gasteiger charge is 2.26. The molecule has 0 aromatic heterocycles. The topological polar surface area (TPSA) is 55.8 Å². The first-order valence-corrected chi connectivity index (χ1v) is 11.1. The van der Waals surface area contributed by atoms with Gasteiger partial charge in [-0.1, -0.05) is 89.9 Å². The van der Waals surface area contributed by atoms with Gasteiger partial charge in [0, 0.05) is 17.0 Å². The largest absolute Gasteiger partial charge is 0.480 e. The maximum Gasteiger partial charge on any atom is 0.309 e. The molecule has 32 heavy (non-hydrogen) atoms. The van der Waals surface area contributed by atoms with Gasteiger partial charge >= 0.3 is 5.97 Å². The zero-order chi connectivity index (χ0) is 22.5. The number of cyclic esters (lactones) is 1. The van der Waals surface area contributed by atoms with Gasteiger partial charge in [0.15, 0.2) is 0 Å². The molecule has 1 aliphatic rings. The molecule has 164 valence electrons. The summed E-state index contributed by atoms with van der Waals surface area (Å²) in [6.45, 7) is 0. The van der Waals surface area contributed by atoms with E-state index in [2.05, 4.69) is 0 Å². The fraction of sp³-hybridized carbons (Fsp3) is 0.192. The lowest BCUT2D eigenvalue weighted by molar-refractivity contribution is -0.156. The third kappa shape index (κ3) is 5.52. The molecule has 0 saturated carbocycles. The first kappa shape index (κ1) is 22.4. The molecule has 1 aliphatic heterocycles. The predicted molar refractivity (Wildman–Crippen MR) is 126 cm³/mol. The van der Waals surface area contributed by atoms with Gasteiger partial charge in [-0.05, 0) is 29.3 Å². The van der Waals surface area contributed by atoms with Crippen molar-refractivity contribution in [3.05, 3.63) is 106 Å². The van der Waals surface area contributed by atoms with Gasteiger partial charge in [-0.15, -0.1) is 0 Å². The maximum atomic E-state index is 11.6. The van der Waals surface area contributed by atoms with Crippen molar-refractivity contribution in [2.24, 2.45) is 0 Å². The fourth-order valence-electron chi connectivity index (χ4n) is 3.66. The predicted octanol–water partition coefficient (Wildman–Crippen LogP) is 6.24. The number of carbonyl (C=O) groups excluding carboxylic acids is 1. The molecule has 4 rings (SSSR count). The molecular weight excluding hydrogens is 447 g/mol. The van der Waals surface area contributed by atoms with Crippen LogP contribution in [0.3, 0.4) is 0 Å². The van der Waals surface area contributed by atoms with E-state index in [4.69, 9.17) is 32.7 Å². The van der Waals surface area contributed by atoms with Gasteiger partial charge in [0.2, 0.25) is 0 Å². The van der Waals surface area contributed by atoms with Crippen LogP contribution in [0.15, 0.2) is 78.9 Å². The minimum absolute atomic E-state index is 0.0102. The smallest absolute Gasteiger partial charge is 0.309 e. The Balaban J connectivity index is 1.69. The first-order valence-electron chi connectivity index (χ1n) is 10.3. The van der Waals surface area contributed by atoms with Crippen molar-refractivity contribution >= 4 is 35.2 Å². The number of halogens is 2. The lowest BCUT2D eigenvalue weighted by Gasteiger charge is -2.24. The SMILES string of the molecule is O=C1C[C@H](O)C[C@@H](/C=C/c2c(Cl)cc(Cl)cc2OC(c2ccccc2)c2ccccc2)O1. The Morgan fingerprint density at radius 1 is 1.00 bits per heavy atom. The Morgan fingerprint density at radius 2 is 1.62 bits per heavy atom. The molecule has 2 atom stereocenters. The third-order valence-corrected chi connectivity index (χ3v) is 5.70. The summed E-state index contributed by atoms with van der Waals surface area (Å²) in [6, 6.07) is 23.1. The molecule has 4 nitrogen and oxygen atoms in total. The lowest BCUT2D eigenvalue weighted by Crippen LogP contribution is -2.31. The van der Waals surface area contributed by atoms with Crippen LogP contribution in [0.2, 0.25) is 10.0 Å². The van der Waals surface area contributed by atoms with E-state index < -0.39 is 18.2 Å². The van der Waals surface area contributed by atoms with E-state index in [0.29, 0.717) is 27.8 Å². The van der Waals surface area contributed by atoms with Crippen molar-refractivity contribution in [1.29, 1.82) is 0 Å². The monoisotopic (exact) mass is 468 g/mol. The normalized spacial score (nSPS) is 18.7. The number of aliphatic hydroxyl groups excluding tert-OH is 1. The van der Waals surface area contributed by atoms with Gasteiger partial charge < -0.3 is 14.6 Å². The van der Waals surface area contributed by atoms with E-state index in [1.54, 1.807) is 24.3 Å². The van der Waals surface area contributed by atoms with Crippen LogP contribution in [-0.4, -0.2) is 23.3 Å². The van der Waals surface area contributed by atoms with Crippen molar-refractivity contribution < 1.29 is 19.4 Å². The first-order chi connectivity index (χ1) is 15.5. The minimum atomic E-state index is -0.720. The summed E-state index contributed by atoms with van der Waals surface area (Å²) in [4.78, 5) is 11.6. The molecule has 0 radical (unpaired) electrons. The van der Waals surface area contributed by atoms with Gasteiger partial charge in [0.25, 0.3) is 0 Å². The van der Waals surface area contributed by atoms with Crippen molar-refractivity contribution in [3.8, 4) is 5.75 Å². The second-order valence-corrected chi connectivity index (χ2v) is 8.44. The Bertz CT molecular complexity index is 1060. The van der Waals surface area contributed by atoms with Gasteiger partial charge in [0.05, 0.1) is 17.5 Å². The summed E-state index contributed by atoms with van der Waals surface area (Å²) in [6.07, 6.45) is 2.16. The van der Waals surface area contributed by atoms with Gasteiger partial charge in [-0.2, -0.15) is 0 Å². The zero-order valence-corrected chi connectivity index (χ0v) is 18.7. The molecule has 0 spiro atoms. The Labute approximate surface area is 197 Å². The molecule has 6 heteroatoms. The number of hydrogen-bond acceptors (Lipinski definition) is 4. The van der Waals surface area contributed by atoms with Gasteiger partial charge in [-0.3, -0.25) is 4.79 Å².